The van der Waals surface area contributed by atoms with Crippen molar-refractivity contribution in [1.82, 2.24) is 0 Å². The number of ether oxygens (including phenoxy) is 2. The van der Waals surface area contributed by atoms with Gasteiger partial charge >= 0.3 is 19.8 Å². The number of unbranched alkanes of at least 4 members (excludes halogenated alkanes) is 11. The van der Waals surface area contributed by atoms with E-state index in [9.17, 15) is 19.0 Å². The lowest BCUT2D eigenvalue weighted by Crippen LogP contribution is -2.29. The van der Waals surface area contributed by atoms with Gasteiger partial charge in [0.1, 0.15) is 18.1 Å². The minimum absolute atomic E-state index is 0.0323. The zero-order valence-electron chi connectivity index (χ0n) is 35.5. The van der Waals surface area contributed by atoms with Crippen molar-refractivity contribution in [3.63, 3.8) is 0 Å². The van der Waals surface area contributed by atoms with Crippen LogP contribution in [0.3, 0.4) is 0 Å². The number of hydrogen-bond acceptors (Lipinski definition) is 10. The summed E-state index contributed by atoms with van der Waals surface area (Å²) in [6, 6.07) is 0. The highest BCUT2D eigenvalue weighted by molar-refractivity contribution is 7.47. The third-order valence-corrected chi connectivity index (χ3v) is 10.4. The molecule has 1 aromatic heterocycles. The van der Waals surface area contributed by atoms with Gasteiger partial charge in [-0.2, -0.15) is 0 Å². The second-order valence-electron chi connectivity index (χ2n) is 14.5. The van der Waals surface area contributed by atoms with Crippen LogP contribution in [-0.2, 0) is 45.5 Å². The van der Waals surface area contributed by atoms with Crippen LogP contribution < -0.4 is 5.73 Å². The molecule has 0 bridgehead atoms. The third kappa shape index (κ3) is 29.1. The zero-order chi connectivity index (χ0) is 41.8. The largest absolute Gasteiger partial charge is 0.472 e. The van der Waals surface area contributed by atoms with E-state index in [0.717, 1.165) is 108 Å². The Morgan fingerprint density at radius 1 is 0.684 bits per heavy atom. The second kappa shape index (κ2) is 35.2. The number of phosphoric ester groups is 1. The first-order valence-electron chi connectivity index (χ1n) is 21.6. The first-order chi connectivity index (χ1) is 27.6. The van der Waals surface area contributed by atoms with Crippen LogP contribution in [0, 0.1) is 13.8 Å². The summed E-state index contributed by atoms with van der Waals surface area (Å²) in [4.78, 5) is 34.9. The van der Waals surface area contributed by atoms with Crippen LogP contribution in [0.5, 0.6) is 0 Å². The van der Waals surface area contributed by atoms with Crippen molar-refractivity contribution in [2.75, 3.05) is 33.0 Å². The van der Waals surface area contributed by atoms with E-state index in [1.807, 2.05) is 6.08 Å². The number of carbonyl (C=O) groups excluding carboxylic acids is 2. The highest BCUT2D eigenvalue weighted by Crippen LogP contribution is 2.43. The smallest absolute Gasteiger partial charge is 0.466 e. The lowest BCUT2D eigenvalue weighted by molar-refractivity contribution is -0.161. The van der Waals surface area contributed by atoms with E-state index >= 15 is 0 Å². The summed E-state index contributed by atoms with van der Waals surface area (Å²) in [5.41, 5.74) is 7.96. The molecule has 57 heavy (non-hydrogen) atoms. The molecule has 1 aromatic rings. The quantitative estimate of drug-likeness (QED) is 0.0253. The molecule has 0 saturated carbocycles. The van der Waals surface area contributed by atoms with E-state index < -0.39 is 32.5 Å². The van der Waals surface area contributed by atoms with Gasteiger partial charge in [-0.15, -0.1) is 0 Å². The Hall–Kier alpha value is -2.79. The summed E-state index contributed by atoms with van der Waals surface area (Å²) in [6.07, 6.45) is 35.8. The van der Waals surface area contributed by atoms with Gasteiger partial charge in [0, 0.05) is 38.8 Å². The van der Waals surface area contributed by atoms with Crippen molar-refractivity contribution in [2.24, 2.45) is 5.73 Å². The summed E-state index contributed by atoms with van der Waals surface area (Å²) in [6.45, 7) is 5.87. The number of carbonyl (C=O) groups is 2. The van der Waals surface area contributed by atoms with Crippen molar-refractivity contribution in [3.05, 3.63) is 71.3 Å². The Bertz CT molecular complexity index is 1350. The molecule has 0 aliphatic carbocycles. The zero-order valence-corrected chi connectivity index (χ0v) is 36.4. The van der Waals surface area contributed by atoms with E-state index in [-0.39, 0.29) is 39.2 Å². The number of aliphatic hydroxyl groups excluding tert-OH is 1. The molecule has 1 heterocycles. The molecular weight excluding hydrogens is 745 g/mol. The summed E-state index contributed by atoms with van der Waals surface area (Å²) in [5, 5.41) is 8.79. The van der Waals surface area contributed by atoms with Gasteiger partial charge < -0.3 is 29.6 Å². The average molecular weight is 822 g/mol. The van der Waals surface area contributed by atoms with E-state index in [2.05, 4.69) is 63.3 Å². The SMILES string of the molecule is CCCc1oc(CCCCCCCCCCC(=O)OC[C@H](COP(=O)(O)OCCN)OC(=O)CCC/C=C\C/C=C\C/C=C\C/C=C\CCCCCO)c(C)c1C. The summed E-state index contributed by atoms with van der Waals surface area (Å²) in [5.74, 6) is 1.35. The molecule has 0 fully saturated rings. The highest BCUT2D eigenvalue weighted by Gasteiger charge is 2.26. The van der Waals surface area contributed by atoms with E-state index in [1.54, 1.807) is 0 Å². The summed E-state index contributed by atoms with van der Waals surface area (Å²) >= 11 is 0. The fourth-order valence-corrected chi connectivity index (χ4v) is 6.77. The van der Waals surface area contributed by atoms with Gasteiger partial charge in [0.2, 0.25) is 0 Å². The van der Waals surface area contributed by atoms with Crippen molar-refractivity contribution in [3.8, 4) is 0 Å². The van der Waals surface area contributed by atoms with Crippen LogP contribution in [0.15, 0.2) is 53.0 Å². The summed E-state index contributed by atoms with van der Waals surface area (Å²) in [7, 11) is -4.41. The fraction of sp³-hybridized carbons (Fsp3) is 0.689. The Kier molecular flexibility index (Phi) is 32.2. The molecule has 11 nitrogen and oxygen atoms in total. The lowest BCUT2D eigenvalue weighted by Gasteiger charge is -2.19. The van der Waals surface area contributed by atoms with E-state index in [0.29, 0.717) is 19.3 Å². The number of furan rings is 1. The number of aliphatic hydroxyl groups is 1. The first-order valence-corrected chi connectivity index (χ1v) is 23.1. The van der Waals surface area contributed by atoms with Crippen molar-refractivity contribution in [2.45, 2.75) is 168 Å². The van der Waals surface area contributed by atoms with Gasteiger partial charge in [0.05, 0.1) is 13.2 Å². The van der Waals surface area contributed by atoms with Gasteiger partial charge in [-0.25, -0.2) is 4.57 Å². The minimum Gasteiger partial charge on any atom is -0.466 e. The number of hydrogen-bond donors (Lipinski definition) is 3. The maximum absolute atomic E-state index is 12.6. The normalized spacial score (nSPS) is 13.7. The Balaban J connectivity index is 2.28. The minimum atomic E-state index is -4.41. The van der Waals surface area contributed by atoms with Gasteiger partial charge in [0.25, 0.3) is 0 Å². The molecule has 0 saturated heterocycles. The Morgan fingerprint density at radius 2 is 1.21 bits per heavy atom. The number of aryl methyl sites for hydroxylation is 2. The van der Waals surface area contributed by atoms with Gasteiger partial charge in [-0.1, -0.05) is 100 Å². The topological polar surface area (TPSA) is 168 Å². The number of rotatable bonds is 37. The average Bonchev–Trinajstić information content (AvgIpc) is 3.46. The molecule has 2 atom stereocenters. The molecule has 0 aromatic carbocycles. The maximum atomic E-state index is 12.6. The molecule has 1 unspecified atom stereocenters. The highest BCUT2D eigenvalue weighted by atomic mass is 31.2. The van der Waals surface area contributed by atoms with Crippen LogP contribution in [0.1, 0.15) is 158 Å². The van der Waals surface area contributed by atoms with E-state index in [4.69, 9.17) is 33.8 Å². The molecule has 0 amide bonds. The van der Waals surface area contributed by atoms with Gasteiger partial charge in [-0.05, 0) is 95.6 Å². The van der Waals surface area contributed by atoms with E-state index in [1.165, 1.54) is 24.0 Å². The molecule has 12 heteroatoms. The lowest BCUT2D eigenvalue weighted by atomic mass is 10.0. The van der Waals surface area contributed by atoms with Crippen LogP contribution in [0.4, 0.5) is 0 Å². The molecule has 0 radical (unpaired) electrons. The molecular formula is C45H76NO10P. The van der Waals surface area contributed by atoms with Gasteiger partial charge in [-0.3, -0.25) is 18.6 Å². The standard InChI is InChI=1S/C45H76NO10P/c1-4-30-42-39(2)40(3)43(56-42)31-26-22-18-15-16-19-23-27-32-44(48)52-37-41(38-54-57(50,51)53-36-34-46)55-45(49)33-28-24-20-14-12-10-8-6-5-7-9-11-13-17-21-25-29-35-47/h5,7-8,10-11,13-14,20,41,47H,4,6,9,12,15-19,21-38,46H2,1-3H3,(H,50,51)/b7-5-,10-8-,13-11-,20-14-/t41-/m1/s1. The predicted octanol–water partition coefficient (Wildman–Crippen LogP) is 10.6. The molecule has 326 valence electrons. The molecule has 4 N–H and O–H groups in total. The Morgan fingerprint density at radius 3 is 1.81 bits per heavy atom. The number of allylic oxidation sites excluding steroid dienone is 8. The van der Waals surface area contributed by atoms with Crippen LogP contribution in [0.25, 0.3) is 0 Å². The van der Waals surface area contributed by atoms with Crippen molar-refractivity contribution >= 4 is 19.8 Å². The van der Waals surface area contributed by atoms with Crippen LogP contribution >= 0.6 is 7.82 Å². The molecule has 0 aliphatic rings. The summed E-state index contributed by atoms with van der Waals surface area (Å²) < 4.78 is 38.8. The van der Waals surface area contributed by atoms with Crippen LogP contribution in [0.2, 0.25) is 0 Å². The Labute approximate surface area is 344 Å². The molecule has 1 rings (SSSR count). The van der Waals surface area contributed by atoms with Crippen LogP contribution in [-0.4, -0.2) is 61.0 Å². The van der Waals surface area contributed by atoms with Crippen molar-refractivity contribution < 1.29 is 47.1 Å². The van der Waals surface area contributed by atoms with Crippen molar-refractivity contribution in [1.29, 1.82) is 0 Å². The molecule has 0 aliphatic heterocycles. The third-order valence-electron chi connectivity index (χ3n) is 9.45. The fourth-order valence-electron chi connectivity index (χ4n) is 6.01. The molecule has 0 spiro atoms. The monoisotopic (exact) mass is 822 g/mol. The predicted molar refractivity (Wildman–Crippen MR) is 229 cm³/mol. The maximum Gasteiger partial charge on any atom is 0.472 e. The number of nitrogens with two attached hydrogens (primary N) is 1. The second-order valence-corrected chi connectivity index (χ2v) is 16.0. The first kappa shape index (κ1) is 52.2. The number of esters is 2. The number of phosphoric acid groups is 1. The van der Waals surface area contributed by atoms with Gasteiger partial charge in [0.15, 0.2) is 6.10 Å².